The van der Waals surface area contributed by atoms with Crippen molar-refractivity contribution >= 4 is 0 Å². The SMILES string of the molecule is COc1ccc(OC2(CN)CCCC2)cc1. The molecule has 0 amide bonds. The molecule has 3 nitrogen and oxygen atoms in total. The molecule has 1 saturated carbocycles. The number of benzene rings is 1. The lowest BCUT2D eigenvalue weighted by Gasteiger charge is -2.28. The third-order valence-corrected chi connectivity index (χ3v) is 3.28. The summed E-state index contributed by atoms with van der Waals surface area (Å²) < 4.78 is 11.1. The predicted octanol–water partition coefficient (Wildman–Crippen LogP) is 2.35. The van der Waals surface area contributed by atoms with Gasteiger partial charge in [0.15, 0.2) is 0 Å². The van der Waals surface area contributed by atoms with Crippen molar-refractivity contribution in [2.24, 2.45) is 5.73 Å². The van der Waals surface area contributed by atoms with Crippen molar-refractivity contribution in [1.29, 1.82) is 0 Å². The third-order valence-electron chi connectivity index (χ3n) is 3.28. The Kier molecular flexibility index (Phi) is 3.34. The van der Waals surface area contributed by atoms with Crippen LogP contribution in [0.3, 0.4) is 0 Å². The van der Waals surface area contributed by atoms with Crippen molar-refractivity contribution in [1.82, 2.24) is 0 Å². The van der Waals surface area contributed by atoms with Crippen molar-refractivity contribution < 1.29 is 9.47 Å². The summed E-state index contributed by atoms with van der Waals surface area (Å²) in [4.78, 5) is 0. The summed E-state index contributed by atoms with van der Waals surface area (Å²) in [6, 6.07) is 7.70. The fourth-order valence-electron chi connectivity index (χ4n) is 2.26. The largest absolute Gasteiger partial charge is 0.497 e. The van der Waals surface area contributed by atoms with Crippen LogP contribution < -0.4 is 15.2 Å². The van der Waals surface area contributed by atoms with E-state index in [1.807, 2.05) is 24.3 Å². The Morgan fingerprint density at radius 3 is 2.19 bits per heavy atom. The molecule has 0 heterocycles. The molecule has 0 atom stereocenters. The van der Waals surface area contributed by atoms with Gasteiger partial charge in [-0.25, -0.2) is 0 Å². The Labute approximate surface area is 96.5 Å². The molecule has 1 aliphatic carbocycles. The summed E-state index contributed by atoms with van der Waals surface area (Å²) in [6.07, 6.45) is 4.56. The van der Waals surface area contributed by atoms with Gasteiger partial charge in [-0.2, -0.15) is 0 Å². The zero-order valence-electron chi connectivity index (χ0n) is 9.74. The Hall–Kier alpha value is -1.22. The van der Waals surface area contributed by atoms with Crippen LogP contribution in [0, 0.1) is 0 Å². The van der Waals surface area contributed by atoms with Crippen molar-refractivity contribution in [3.8, 4) is 11.5 Å². The molecule has 88 valence electrons. The van der Waals surface area contributed by atoms with E-state index in [1.54, 1.807) is 7.11 Å². The summed E-state index contributed by atoms with van der Waals surface area (Å²) in [7, 11) is 1.66. The molecule has 0 bridgehead atoms. The number of hydrogen-bond donors (Lipinski definition) is 1. The third kappa shape index (κ3) is 2.30. The number of ether oxygens (including phenoxy) is 2. The van der Waals surface area contributed by atoms with Crippen LogP contribution in [-0.2, 0) is 0 Å². The van der Waals surface area contributed by atoms with Gasteiger partial charge in [0.05, 0.1) is 7.11 Å². The average Bonchev–Trinajstić information content (AvgIpc) is 2.79. The summed E-state index contributed by atoms with van der Waals surface area (Å²) in [5.41, 5.74) is 5.69. The molecule has 2 N–H and O–H groups in total. The van der Waals surface area contributed by atoms with E-state index in [9.17, 15) is 0 Å². The minimum Gasteiger partial charge on any atom is -0.497 e. The van der Waals surface area contributed by atoms with Crippen molar-refractivity contribution in [3.63, 3.8) is 0 Å². The molecule has 0 aliphatic heterocycles. The molecule has 1 aromatic carbocycles. The van der Waals surface area contributed by atoms with E-state index in [4.69, 9.17) is 15.2 Å². The second-order valence-electron chi connectivity index (χ2n) is 4.37. The van der Waals surface area contributed by atoms with Gasteiger partial charge in [0.1, 0.15) is 17.1 Å². The second-order valence-corrected chi connectivity index (χ2v) is 4.37. The second kappa shape index (κ2) is 4.74. The van der Waals surface area contributed by atoms with Gasteiger partial charge in [-0.05, 0) is 49.9 Å². The summed E-state index contributed by atoms with van der Waals surface area (Å²) in [5, 5.41) is 0. The first-order valence-corrected chi connectivity index (χ1v) is 5.81. The first kappa shape index (κ1) is 11.3. The zero-order valence-corrected chi connectivity index (χ0v) is 9.74. The van der Waals surface area contributed by atoms with E-state index in [-0.39, 0.29) is 5.60 Å². The molecule has 1 aliphatic rings. The molecule has 0 radical (unpaired) electrons. The summed E-state index contributed by atoms with van der Waals surface area (Å²) >= 11 is 0. The Morgan fingerprint density at radius 1 is 1.12 bits per heavy atom. The highest BCUT2D eigenvalue weighted by molar-refractivity contribution is 5.31. The van der Waals surface area contributed by atoms with Crippen molar-refractivity contribution in [2.45, 2.75) is 31.3 Å². The van der Waals surface area contributed by atoms with Crippen LogP contribution in [0.4, 0.5) is 0 Å². The first-order chi connectivity index (χ1) is 7.78. The molecule has 0 unspecified atom stereocenters. The van der Waals surface area contributed by atoms with Crippen LogP contribution in [0.25, 0.3) is 0 Å². The maximum Gasteiger partial charge on any atom is 0.121 e. The predicted molar refractivity (Wildman–Crippen MR) is 63.9 cm³/mol. The van der Waals surface area contributed by atoms with E-state index < -0.39 is 0 Å². The standard InChI is InChI=1S/C13H19NO2/c1-15-11-4-6-12(7-5-11)16-13(10-14)8-2-3-9-13/h4-7H,2-3,8-10,14H2,1H3. The minimum absolute atomic E-state index is 0.130. The summed E-state index contributed by atoms with van der Waals surface area (Å²) in [5.74, 6) is 1.73. The number of rotatable bonds is 4. The molecule has 2 rings (SSSR count). The van der Waals surface area contributed by atoms with Gasteiger partial charge < -0.3 is 15.2 Å². The van der Waals surface area contributed by atoms with Crippen LogP contribution in [0.5, 0.6) is 11.5 Å². The van der Waals surface area contributed by atoms with E-state index in [1.165, 1.54) is 12.8 Å². The highest BCUT2D eigenvalue weighted by Gasteiger charge is 2.34. The van der Waals surface area contributed by atoms with Crippen molar-refractivity contribution in [3.05, 3.63) is 24.3 Å². The maximum absolute atomic E-state index is 6.03. The lowest BCUT2D eigenvalue weighted by atomic mass is 10.0. The topological polar surface area (TPSA) is 44.5 Å². The normalized spacial score (nSPS) is 18.4. The molecule has 0 spiro atoms. The van der Waals surface area contributed by atoms with E-state index in [2.05, 4.69) is 0 Å². The highest BCUT2D eigenvalue weighted by Crippen LogP contribution is 2.34. The average molecular weight is 221 g/mol. The van der Waals surface area contributed by atoms with E-state index >= 15 is 0 Å². The van der Waals surface area contributed by atoms with E-state index in [0.717, 1.165) is 24.3 Å². The smallest absolute Gasteiger partial charge is 0.121 e. The Bertz CT molecular complexity index is 328. The number of hydrogen-bond acceptors (Lipinski definition) is 3. The molecular formula is C13H19NO2. The zero-order chi connectivity index (χ0) is 11.4. The molecule has 3 heteroatoms. The fourth-order valence-corrected chi connectivity index (χ4v) is 2.26. The Morgan fingerprint density at radius 2 is 1.69 bits per heavy atom. The van der Waals surface area contributed by atoms with Gasteiger partial charge in [-0.3, -0.25) is 0 Å². The highest BCUT2D eigenvalue weighted by atomic mass is 16.5. The van der Waals surface area contributed by atoms with Crippen LogP contribution in [0.15, 0.2) is 24.3 Å². The monoisotopic (exact) mass is 221 g/mol. The first-order valence-electron chi connectivity index (χ1n) is 5.81. The molecule has 1 fully saturated rings. The van der Waals surface area contributed by atoms with Gasteiger partial charge in [-0.1, -0.05) is 0 Å². The molecule has 0 saturated heterocycles. The molecule has 1 aromatic rings. The molecule has 0 aromatic heterocycles. The van der Waals surface area contributed by atoms with Crippen molar-refractivity contribution in [2.75, 3.05) is 13.7 Å². The lowest BCUT2D eigenvalue weighted by molar-refractivity contribution is 0.0852. The van der Waals surface area contributed by atoms with Gasteiger partial charge in [0, 0.05) is 6.54 Å². The summed E-state index contributed by atoms with van der Waals surface area (Å²) in [6.45, 7) is 0.596. The minimum atomic E-state index is -0.130. The number of nitrogens with two attached hydrogens (primary N) is 1. The van der Waals surface area contributed by atoms with Gasteiger partial charge in [0.2, 0.25) is 0 Å². The van der Waals surface area contributed by atoms with Crippen LogP contribution in [-0.4, -0.2) is 19.3 Å². The van der Waals surface area contributed by atoms with Gasteiger partial charge in [0.25, 0.3) is 0 Å². The Balaban J connectivity index is 2.07. The number of methoxy groups -OCH3 is 1. The van der Waals surface area contributed by atoms with Crippen LogP contribution >= 0.6 is 0 Å². The van der Waals surface area contributed by atoms with Gasteiger partial charge in [-0.15, -0.1) is 0 Å². The molecule has 16 heavy (non-hydrogen) atoms. The quantitative estimate of drug-likeness (QED) is 0.848. The fraction of sp³-hybridized carbons (Fsp3) is 0.538. The van der Waals surface area contributed by atoms with Crippen LogP contribution in [0.2, 0.25) is 0 Å². The van der Waals surface area contributed by atoms with Gasteiger partial charge >= 0.3 is 0 Å². The van der Waals surface area contributed by atoms with Crippen LogP contribution in [0.1, 0.15) is 25.7 Å². The maximum atomic E-state index is 6.03. The molecular weight excluding hydrogens is 202 g/mol. The lowest BCUT2D eigenvalue weighted by Crippen LogP contribution is -2.40. The van der Waals surface area contributed by atoms with E-state index in [0.29, 0.717) is 6.54 Å².